The molecule has 0 aromatic rings. The maximum absolute atomic E-state index is 11.5. The highest BCUT2D eigenvalue weighted by molar-refractivity contribution is 5.78. The fraction of sp³-hybridized carbons (Fsp3) is 0.600. The molecule has 0 aliphatic rings. The summed E-state index contributed by atoms with van der Waals surface area (Å²) in [6.45, 7) is 7.07. The van der Waals surface area contributed by atoms with Crippen molar-refractivity contribution in [1.82, 2.24) is 4.90 Å². The van der Waals surface area contributed by atoms with Crippen LogP contribution in [0.1, 0.15) is 13.8 Å². The molecule has 1 N–H and O–H groups in total. The van der Waals surface area contributed by atoms with Crippen LogP contribution in [-0.2, 0) is 14.3 Å². The number of carbonyl (C=O) groups excluding carboxylic acids is 1. The van der Waals surface area contributed by atoms with E-state index < -0.39 is 12.6 Å². The fourth-order valence-corrected chi connectivity index (χ4v) is 1.05. The largest absolute Gasteiger partial charge is 0.480 e. The highest BCUT2D eigenvalue weighted by Crippen LogP contribution is 1.99. The maximum Gasteiger partial charge on any atom is 0.329 e. The number of hydrogen-bond donors (Lipinski definition) is 1. The van der Waals surface area contributed by atoms with Crippen LogP contribution in [0.2, 0.25) is 0 Å². The van der Waals surface area contributed by atoms with Crippen molar-refractivity contribution in [2.45, 2.75) is 19.9 Å². The summed E-state index contributed by atoms with van der Waals surface area (Å²) in [6.07, 6.45) is 1.62. The highest BCUT2D eigenvalue weighted by atomic mass is 16.5. The molecule has 0 aliphatic carbocycles. The van der Waals surface area contributed by atoms with Crippen LogP contribution in [0, 0.1) is 0 Å². The van der Waals surface area contributed by atoms with Gasteiger partial charge in [0.2, 0.25) is 5.91 Å². The van der Waals surface area contributed by atoms with Crippen molar-refractivity contribution in [3.63, 3.8) is 0 Å². The molecule has 0 spiro atoms. The predicted octanol–water partition coefficient (Wildman–Crippen LogP) is 0.511. The van der Waals surface area contributed by atoms with E-state index in [-0.39, 0.29) is 18.6 Å². The lowest BCUT2D eigenvalue weighted by molar-refractivity contribution is -0.146. The van der Waals surface area contributed by atoms with Crippen LogP contribution in [0.4, 0.5) is 0 Å². The van der Waals surface area contributed by atoms with E-state index in [9.17, 15) is 9.59 Å². The molecular formula is C10H17NO4. The van der Waals surface area contributed by atoms with Crippen LogP contribution >= 0.6 is 0 Å². The smallest absolute Gasteiger partial charge is 0.329 e. The summed E-state index contributed by atoms with van der Waals surface area (Å²) in [6, 6.07) is 0.0453. The molecule has 1 amide bonds. The second kappa shape index (κ2) is 7.00. The summed E-state index contributed by atoms with van der Waals surface area (Å²) in [5.41, 5.74) is 0. The first-order valence-corrected chi connectivity index (χ1v) is 4.69. The number of hydrogen-bond acceptors (Lipinski definition) is 3. The quantitative estimate of drug-likeness (QED) is 0.628. The van der Waals surface area contributed by atoms with Crippen molar-refractivity contribution in [3.8, 4) is 0 Å². The number of carboxylic acids is 1. The van der Waals surface area contributed by atoms with Crippen LogP contribution < -0.4 is 0 Å². The molecule has 0 aromatic heterocycles. The Morgan fingerprint density at radius 2 is 2.07 bits per heavy atom. The zero-order valence-corrected chi connectivity index (χ0v) is 9.10. The molecule has 86 valence electrons. The van der Waals surface area contributed by atoms with Crippen molar-refractivity contribution in [3.05, 3.63) is 12.7 Å². The number of carbonyl (C=O) groups is 2. The number of rotatable bonds is 7. The predicted molar refractivity (Wildman–Crippen MR) is 55.5 cm³/mol. The van der Waals surface area contributed by atoms with Gasteiger partial charge < -0.3 is 14.7 Å². The van der Waals surface area contributed by atoms with E-state index in [4.69, 9.17) is 9.84 Å². The maximum atomic E-state index is 11.5. The Hall–Kier alpha value is -1.36. The number of ether oxygens (including phenoxy) is 1. The van der Waals surface area contributed by atoms with E-state index in [1.54, 1.807) is 11.0 Å². The van der Waals surface area contributed by atoms with Gasteiger partial charge in [-0.25, -0.2) is 4.79 Å². The molecule has 0 heterocycles. The molecule has 0 saturated carbocycles. The van der Waals surface area contributed by atoms with Gasteiger partial charge in [-0.15, -0.1) is 6.58 Å². The van der Waals surface area contributed by atoms with Gasteiger partial charge in [0.1, 0.15) is 13.2 Å². The van der Waals surface area contributed by atoms with Gasteiger partial charge in [-0.1, -0.05) is 6.08 Å². The Kier molecular flexibility index (Phi) is 6.37. The molecule has 0 fully saturated rings. The highest BCUT2D eigenvalue weighted by Gasteiger charge is 2.15. The molecule has 15 heavy (non-hydrogen) atoms. The molecule has 0 bridgehead atoms. The van der Waals surface area contributed by atoms with E-state index in [0.29, 0.717) is 6.54 Å². The van der Waals surface area contributed by atoms with Gasteiger partial charge >= 0.3 is 5.97 Å². The Morgan fingerprint density at radius 3 is 2.47 bits per heavy atom. The Bertz CT molecular complexity index is 238. The Labute approximate surface area is 89.3 Å². The molecular weight excluding hydrogens is 198 g/mol. The first kappa shape index (κ1) is 13.6. The molecule has 0 atom stereocenters. The lowest BCUT2D eigenvalue weighted by Crippen LogP contribution is -2.39. The second-order valence-corrected chi connectivity index (χ2v) is 3.32. The monoisotopic (exact) mass is 215 g/mol. The number of amides is 1. The molecule has 0 aliphatic heterocycles. The lowest BCUT2D eigenvalue weighted by Gasteiger charge is -2.25. The van der Waals surface area contributed by atoms with Crippen LogP contribution in [0.25, 0.3) is 0 Å². The van der Waals surface area contributed by atoms with Crippen molar-refractivity contribution in [2.24, 2.45) is 0 Å². The van der Waals surface area contributed by atoms with Gasteiger partial charge in [0.15, 0.2) is 0 Å². The molecule has 0 aromatic carbocycles. The number of nitrogens with zero attached hydrogens (tertiary/aromatic N) is 1. The third-order valence-electron chi connectivity index (χ3n) is 1.72. The minimum atomic E-state index is -1.08. The van der Waals surface area contributed by atoms with Gasteiger partial charge in [0, 0.05) is 12.6 Å². The number of aliphatic carboxylic acids is 1. The summed E-state index contributed by atoms with van der Waals surface area (Å²) in [7, 11) is 0. The van der Waals surface area contributed by atoms with Gasteiger partial charge in [-0.3, -0.25) is 4.79 Å². The average molecular weight is 215 g/mol. The van der Waals surface area contributed by atoms with Crippen LogP contribution in [0.15, 0.2) is 12.7 Å². The Morgan fingerprint density at radius 1 is 1.47 bits per heavy atom. The Balaban J connectivity index is 4.02. The van der Waals surface area contributed by atoms with E-state index >= 15 is 0 Å². The summed E-state index contributed by atoms with van der Waals surface area (Å²) in [5.74, 6) is -1.31. The normalized spacial score (nSPS) is 10.1. The molecule has 5 nitrogen and oxygen atoms in total. The van der Waals surface area contributed by atoms with Crippen LogP contribution in [0.3, 0.4) is 0 Å². The first-order valence-electron chi connectivity index (χ1n) is 4.69. The topological polar surface area (TPSA) is 66.8 Å². The summed E-state index contributed by atoms with van der Waals surface area (Å²) < 4.78 is 4.71. The third-order valence-corrected chi connectivity index (χ3v) is 1.72. The average Bonchev–Trinajstić information content (AvgIpc) is 2.12. The molecule has 0 radical (unpaired) electrons. The minimum Gasteiger partial charge on any atom is -0.480 e. The van der Waals surface area contributed by atoms with E-state index in [1.807, 2.05) is 13.8 Å². The standard InChI is InChI=1S/C10H17NO4/c1-4-5-11(8(2)3)9(12)6-15-7-10(13)14/h4,8H,1,5-7H2,2-3H3,(H,13,14). The van der Waals surface area contributed by atoms with Crippen molar-refractivity contribution in [2.75, 3.05) is 19.8 Å². The van der Waals surface area contributed by atoms with Crippen LogP contribution in [0.5, 0.6) is 0 Å². The fourth-order valence-electron chi connectivity index (χ4n) is 1.05. The van der Waals surface area contributed by atoms with E-state index in [0.717, 1.165) is 0 Å². The van der Waals surface area contributed by atoms with Crippen molar-refractivity contribution < 1.29 is 19.4 Å². The minimum absolute atomic E-state index is 0.0453. The van der Waals surface area contributed by atoms with Gasteiger partial charge in [-0.2, -0.15) is 0 Å². The van der Waals surface area contributed by atoms with Gasteiger partial charge in [0.05, 0.1) is 0 Å². The van der Waals surface area contributed by atoms with Gasteiger partial charge in [0.25, 0.3) is 0 Å². The zero-order valence-electron chi connectivity index (χ0n) is 9.10. The molecule has 0 unspecified atom stereocenters. The molecule has 5 heteroatoms. The van der Waals surface area contributed by atoms with E-state index in [1.165, 1.54) is 0 Å². The zero-order chi connectivity index (χ0) is 11.8. The first-order chi connectivity index (χ1) is 6.99. The third kappa shape index (κ3) is 5.85. The number of carboxylic acid groups (broad SMARTS) is 1. The van der Waals surface area contributed by atoms with Crippen LogP contribution in [-0.4, -0.2) is 47.7 Å². The van der Waals surface area contributed by atoms with Crippen molar-refractivity contribution in [1.29, 1.82) is 0 Å². The summed E-state index contributed by atoms with van der Waals surface area (Å²) in [5, 5.41) is 8.31. The summed E-state index contributed by atoms with van der Waals surface area (Å²) >= 11 is 0. The van der Waals surface area contributed by atoms with Gasteiger partial charge in [-0.05, 0) is 13.8 Å². The molecule has 0 rings (SSSR count). The SMILES string of the molecule is C=CCN(C(=O)COCC(=O)O)C(C)C. The summed E-state index contributed by atoms with van der Waals surface area (Å²) in [4.78, 5) is 23.2. The van der Waals surface area contributed by atoms with Crippen molar-refractivity contribution >= 4 is 11.9 Å². The second-order valence-electron chi connectivity index (χ2n) is 3.32. The lowest BCUT2D eigenvalue weighted by atomic mass is 10.3. The van der Waals surface area contributed by atoms with E-state index in [2.05, 4.69) is 6.58 Å². The molecule has 0 saturated heterocycles.